The summed E-state index contributed by atoms with van der Waals surface area (Å²) in [5.74, 6) is 0.194. The molecule has 2 aliphatic rings. The van der Waals surface area contributed by atoms with Crippen molar-refractivity contribution < 1.29 is 18.3 Å². The summed E-state index contributed by atoms with van der Waals surface area (Å²) in [6, 6.07) is 5.29. The molecule has 0 unspecified atom stereocenters. The van der Waals surface area contributed by atoms with Crippen LogP contribution in [-0.2, 0) is 0 Å². The lowest BCUT2D eigenvalue weighted by molar-refractivity contribution is -0.286. The van der Waals surface area contributed by atoms with Gasteiger partial charge < -0.3 is 14.8 Å². The third-order valence-corrected chi connectivity index (χ3v) is 3.63. The minimum Gasteiger partial charge on any atom is -0.395 e. The Bertz CT molecular complexity index is 457. The van der Waals surface area contributed by atoms with Crippen LogP contribution in [0.1, 0.15) is 38.5 Å². The molecule has 0 aromatic heterocycles. The molecule has 104 valence electrons. The highest BCUT2D eigenvalue weighted by atomic mass is 19.3. The van der Waals surface area contributed by atoms with Crippen molar-refractivity contribution in [3.05, 3.63) is 18.2 Å². The van der Waals surface area contributed by atoms with Gasteiger partial charge in [-0.2, -0.15) is 0 Å². The fourth-order valence-electron chi connectivity index (χ4n) is 2.70. The van der Waals surface area contributed by atoms with E-state index in [2.05, 4.69) is 14.8 Å². The number of halogens is 2. The number of anilines is 1. The largest absolute Gasteiger partial charge is 0.586 e. The number of alkyl halides is 2. The van der Waals surface area contributed by atoms with Gasteiger partial charge in [0, 0.05) is 17.8 Å². The maximum atomic E-state index is 12.9. The van der Waals surface area contributed by atoms with E-state index in [1.807, 2.05) is 0 Å². The van der Waals surface area contributed by atoms with Gasteiger partial charge in [0.15, 0.2) is 11.5 Å². The van der Waals surface area contributed by atoms with E-state index in [1.54, 1.807) is 12.1 Å². The SMILES string of the molecule is FC1(F)Oc2ccc(NC3CCCCCC3)cc2O1. The standard InChI is InChI=1S/C14H17F2NO2/c15-14(16)18-12-8-7-11(9-13(12)19-14)17-10-5-3-1-2-4-6-10/h7-10,17H,1-6H2. The highest BCUT2D eigenvalue weighted by Crippen LogP contribution is 2.42. The summed E-state index contributed by atoms with van der Waals surface area (Å²) in [5.41, 5.74) is 0.812. The zero-order valence-electron chi connectivity index (χ0n) is 10.6. The molecule has 1 fully saturated rings. The Kier molecular flexibility index (Phi) is 3.21. The molecule has 0 atom stereocenters. The second-order valence-corrected chi connectivity index (χ2v) is 5.16. The maximum Gasteiger partial charge on any atom is 0.586 e. The third-order valence-electron chi connectivity index (χ3n) is 3.63. The summed E-state index contributed by atoms with van der Waals surface area (Å²) in [5, 5.41) is 3.40. The number of hydrogen-bond acceptors (Lipinski definition) is 3. The van der Waals surface area contributed by atoms with E-state index >= 15 is 0 Å². The number of fused-ring (bicyclic) bond motifs is 1. The van der Waals surface area contributed by atoms with Crippen molar-refractivity contribution in [2.75, 3.05) is 5.32 Å². The molecule has 1 heterocycles. The first kappa shape index (κ1) is 12.5. The van der Waals surface area contributed by atoms with Crippen molar-refractivity contribution in [2.24, 2.45) is 0 Å². The first-order valence-corrected chi connectivity index (χ1v) is 6.79. The molecule has 1 aromatic carbocycles. The van der Waals surface area contributed by atoms with Gasteiger partial charge in [0.05, 0.1) is 0 Å². The molecule has 0 spiro atoms. The summed E-state index contributed by atoms with van der Waals surface area (Å²) in [7, 11) is 0. The summed E-state index contributed by atoms with van der Waals surface area (Å²) in [4.78, 5) is 0. The Balaban J connectivity index is 1.69. The fraction of sp³-hybridized carbons (Fsp3) is 0.571. The van der Waals surface area contributed by atoms with Gasteiger partial charge in [-0.3, -0.25) is 0 Å². The number of benzene rings is 1. The molecule has 0 radical (unpaired) electrons. The molecular weight excluding hydrogens is 252 g/mol. The highest BCUT2D eigenvalue weighted by molar-refractivity contribution is 5.56. The van der Waals surface area contributed by atoms with Crippen LogP contribution >= 0.6 is 0 Å². The Morgan fingerprint density at radius 2 is 1.68 bits per heavy atom. The molecule has 3 rings (SSSR count). The van der Waals surface area contributed by atoms with E-state index in [0.717, 1.165) is 18.5 Å². The van der Waals surface area contributed by atoms with Crippen LogP contribution in [0.5, 0.6) is 11.5 Å². The number of hydrogen-bond donors (Lipinski definition) is 1. The minimum absolute atomic E-state index is 0.0939. The van der Waals surface area contributed by atoms with E-state index in [-0.39, 0.29) is 11.5 Å². The Labute approximate surface area is 110 Å². The molecule has 0 saturated heterocycles. The van der Waals surface area contributed by atoms with Gasteiger partial charge in [0.2, 0.25) is 0 Å². The monoisotopic (exact) mass is 269 g/mol. The smallest absolute Gasteiger partial charge is 0.395 e. The average Bonchev–Trinajstić information content (AvgIpc) is 2.52. The Morgan fingerprint density at radius 1 is 1.00 bits per heavy atom. The number of nitrogens with one attached hydrogen (secondary N) is 1. The molecular formula is C14H17F2NO2. The summed E-state index contributed by atoms with van der Waals surface area (Å²) < 4.78 is 34.7. The molecule has 19 heavy (non-hydrogen) atoms. The van der Waals surface area contributed by atoms with Crippen LogP contribution < -0.4 is 14.8 Å². The van der Waals surface area contributed by atoms with Crippen molar-refractivity contribution in [1.29, 1.82) is 0 Å². The Hall–Kier alpha value is -1.52. The molecule has 0 bridgehead atoms. The molecule has 1 aromatic rings. The van der Waals surface area contributed by atoms with Gasteiger partial charge in [-0.25, -0.2) is 0 Å². The molecule has 0 amide bonds. The lowest BCUT2D eigenvalue weighted by Crippen LogP contribution is -2.25. The van der Waals surface area contributed by atoms with Gasteiger partial charge in [0.1, 0.15) is 0 Å². The van der Waals surface area contributed by atoms with Crippen molar-refractivity contribution in [3.63, 3.8) is 0 Å². The highest BCUT2D eigenvalue weighted by Gasteiger charge is 2.43. The molecule has 1 aliphatic heterocycles. The van der Waals surface area contributed by atoms with Gasteiger partial charge in [-0.15, -0.1) is 8.78 Å². The van der Waals surface area contributed by atoms with Crippen molar-refractivity contribution >= 4 is 5.69 Å². The first-order chi connectivity index (χ1) is 9.12. The van der Waals surface area contributed by atoms with E-state index in [9.17, 15) is 8.78 Å². The van der Waals surface area contributed by atoms with Gasteiger partial charge >= 0.3 is 6.29 Å². The molecule has 5 heteroatoms. The Morgan fingerprint density at radius 3 is 2.42 bits per heavy atom. The predicted molar refractivity (Wildman–Crippen MR) is 67.8 cm³/mol. The third kappa shape index (κ3) is 2.91. The van der Waals surface area contributed by atoms with Crippen LogP contribution in [0.15, 0.2) is 18.2 Å². The van der Waals surface area contributed by atoms with Crippen LogP contribution in [0.3, 0.4) is 0 Å². The van der Waals surface area contributed by atoms with Gasteiger partial charge in [0.25, 0.3) is 0 Å². The van der Waals surface area contributed by atoms with E-state index in [0.29, 0.717) is 6.04 Å². The van der Waals surface area contributed by atoms with E-state index in [1.165, 1.54) is 31.7 Å². The van der Waals surface area contributed by atoms with Crippen LogP contribution in [0, 0.1) is 0 Å². The van der Waals surface area contributed by atoms with Gasteiger partial charge in [-0.05, 0) is 25.0 Å². The second kappa shape index (κ2) is 4.87. The van der Waals surface area contributed by atoms with E-state index < -0.39 is 6.29 Å². The normalized spacial score (nSPS) is 22.0. The molecule has 1 saturated carbocycles. The summed E-state index contributed by atoms with van der Waals surface area (Å²) >= 11 is 0. The van der Waals surface area contributed by atoms with Crippen LogP contribution in [0.25, 0.3) is 0 Å². The lowest BCUT2D eigenvalue weighted by atomic mass is 10.1. The van der Waals surface area contributed by atoms with Crippen LogP contribution in [-0.4, -0.2) is 12.3 Å². The zero-order valence-corrected chi connectivity index (χ0v) is 10.6. The maximum absolute atomic E-state index is 12.9. The second-order valence-electron chi connectivity index (χ2n) is 5.16. The van der Waals surface area contributed by atoms with Crippen molar-refractivity contribution in [1.82, 2.24) is 0 Å². The summed E-state index contributed by atoms with van der Waals surface area (Å²) in [6.07, 6.45) is 3.73. The lowest BCUT2D eigenvalue weighted by Gasteiger charge is -2.17. The fourth-order valence-corrected chi connectivity index (χ4v) is 2.70. The molecule has 1 N–H and O–H groups in total. The van der Waals surface area contributed by atoms with E-state index in [4.69, 9.17) is 0 Å². The van der Waals surface area contributed by atoms with Crippen LogP contribution in [0.4, 0.5) is 14.5 Å². The molecule has 3 nitrogen and oxygen atoms in total. The first-order valence-electron chi connectivity index (χ1n) is 6.79. The summed E-state index contributed by atoms with van der Waals surface area (Å²) in [6.45, 7) is 0. The van der Waals surface area contributed by atoms with Crippen molar-refractivity contribution in [2.45, 2.75) is 50.9 Å². The minimum atomic E-state index is -3.54. The van der Waals surface area contributed by atoms with Gasteiger partial charge in [-0.1, -0.05) is 25.7 Å². The van der Waals surface area contributed by atoms with Crippen LogP contribution in [0.2, 0.25) is 0 Å². The predicted octanol–water partition coefficient (Wildman–Crippen LogP) is 4.14. The number of rotatable bonds is 2. The zero-order chi connectivity index (χ0) is 13.3. The van der Waals surface area contributed by atoms with Crippen molar-refractivity contribution in [3.8, 4) is 11.5 Å². The number of ether oxygens (including phenoxy) is 2. The average molecular weight is 269 g/mol. The quantitative estimate of drug-likeness (QED) is 0.818. The molecule has 1 aliphatic carbocycles. The topological polar surface area (TPSA) is 30.5 Å².